The molecule has 0 spiro atoms. The number of aryl methyl sites for hydroxylation is 1. The highest BCUT2D eigenvalue weighted by molar-refractivity contribution is 7.92. The molecule has 0 bridgehead atoms. The molecule has 0 unspecified atom stereocenters. The third kappa shape index (κ3) is 4.75. The number of hydrogen-bond acceptors (Lipinski definition) is 9. The van der Waals surface area contributed by atoms with Gasteiger partial charge >= 0.3 is 0 Å². The van der Waals surface area contributed by atoms with Crippen molar-refractivity contribution >= 4 is 32.7 Å². The van der Waals surface area contributed by atoms with Gasteiger partial charge in [0, 0.05) is 25.9 Å². The van der Waals surface area contributed by atoms with Gasteiger partial charge in [-0.05, 0) is 30.3 Å². The summed E-state index contributed by atoms with van der Waals surface area (Å²) < 4.78 is 36.2. The Balaban J connectivity index is 1.41. The van der Waals surface area contributed by atoms with Crippen LogP contribution in [0.4, 0.5) is 11.6 Å². The molecule has 4 heterocycles. The second-order valence-corrected chi connectivity index (χ2v) is 9.23. The van der Waals surface area contributed by atoms with Crippen LogP contribution in [0.2, 0.25) is 0 Å². The number of hydrogen-bond donors (Lipinski definition) is 2. The maximum Gasteiger partial charge on any atom is 0.266 e. The van der Waals surface area contributed by atoms with Crippen LogP contribution in [0.25, 0.3) is 22.5 Å². The van der Waals surface area contributed by atoms with Gasteiger partial charge in [0.15, 0.2) is 17.4 Å². The van der Waals surface area contributed by atoms with Gasteiger partial charge in [-0.3, -0.25) is 14.2 Å². The van der Waals surface area contributed by atoms with E-state index in [1.54, 1.807) is 43.4 Å². The first-order valence-electron chi connectivity index (χ1n) is 10.5. The van der Waals surface area contributed by atoms with Gasteiger partial charge < -0.3 is 9.73 Å². The van der Waals surface area contributed by atoms with Crippen LogP contribution in [0.5, 0.6) is 0 Å². The maximum absolute atomic E-state index is 12.9. The van der Waals surface area contributed by atoms with E-state index in [0.29, 0.717) is 22.5 Å². The highest BCUT2D eigenvalue weighted by Gasteiger charge is 2.20. The van der Waals surface area contributed by atoms with Crippen LogP contribution in [0.15, 0.2) is 81.3 Å². The normalized spacial score (nSPS) is 11.6. The minimum atomic E-state index is -3.95. The molecule has 0 aliphatic rings. The number of anilines is 2. The van der Waals surface area contributed by atoms with Crippen molar-refractivity contribution in [3.63, 3.8) is 0 Å². The van der Waals surface area contributed by atoms with Crippen LogP contribution in [0.1, 0.15) is 0 Å². The van der Waals surface area contributed by atoms with Gasteiger partial charge in [-0.1, -0.05) is 12.1 Å². The van der Waals surface area contributed by atoms with Crippen LogP contribution < -0.4 is 15.6 Å². The Morgan fingerprint density at radius 2 is 1.77 bits per heavy atom. The summed E-state index contributed by atoms with van der Waals surface area (Å²) in [5, 5.41) is 11.3. The molecular weight excluding hydrogens is 472 g/mol. The number of sulfonamides is 1. The van der Waals surface area contributed by atoms with Crippen molar-refractivity contribution in [2.75, 3.05) is 16.6 Å². The van der Waals surface area contributed by atoms with Gasteiger partial charge in [0.05, 0.1) is 30.0 Å². The molecule has 5 rings (SSSR count). The first-order valence-corrected chi connectivity index (χ1v) is 12.0. The summed E-state index contributed by atoms with van der Waals surface area (Å²) in [5.41, 5.74) is 1.33. The fourth-order valence-corrected chi connectivity index (χ4v) is 4.36. The smallest absolute Gasteiger partial charge is 0.266 e. The third-order valence-corrected chi connectivity index (χ3v) is 6.34. The van der Waals surface area contributed by atoms with E-state index in [-0.39, 0.29) is 35.2 Å². The predicted molar refractivity (Wildman–Crippen MR) is 128 cm³/mol. The number of nitrogens with zero attached hydrogens (tertiary/aromatic N) is 6. The molecule has 0 saturated heterocycles. The summed E-state index contributed by atoms with van der Waals surface area (Å²) >= 11 is 0. The molecule has 0 amide bonds. The molecule has 0 aliphatic carbocycles. The number of benzene rings is 1. The van der Waals surface area contributed by atoms with Crippen molar-refractivity contribution in [1.29, 1.82) is 0 Å². The van der Waals surface area contributed by atoms with Crippen molar-refractivity contribution in [2.45, 2.75) is 11.4 Å². The first-order chi connectivity index (χ1) is 16.9. The molecule has 2 N–H and O–H groups in total. The average molecular weight is 493 g/mol. The van der Waals surface area contributed by atoms with Crippen LogP contribution in [0, 0.1) is 0 Å². The summed E-state index contributed by atoms with van der Waals surface area (Å²) in [4.78, 5) is 21.2. The van der Waals surface area contributed by atoms with Gasteiger partial charge in [-0.25, -0.2) is 23.1 Å². The molecule has 12 nitrogen and oxygen atoms in total. The lowest BCUT2D eigenvalue weighted by molar-refractivity contribution is 0.561. The van der Waals surface area contributed by atoms with Crippen LogP contribution >= 0.6 is 0 Å². The molecule has 35 heavy (non-hydrogen) atoms. The highest BCUT2D eigenvalue weighted by atomic mass is 32.2. The minimum absolute atomic E-state index is 0.00796. The Morgan fingerprint density at radius 3 is 2.46 bits per heavy atom. The molecule has 5 aromatic rings. The van der Waals surface area contributed by atoms with E-state index >= 15 is 0 Å². The maximum atomic E-state index is 12.9. The third-order valence-electron chi connectivity index (χ3n) is 5.05. The zero-order chi connectivity index (χ0) is 24.4. The largest absolute Gasteiger partial charge is 0.463 e. The second-order valence-electron chi connectivity index (χ2n) is 7.55. The lowest BCUT2D eigenvalue weighted by atomic mass is 10.3. The Morgan fingerprint density at radius 1 is 1.00 bits per heavy atom. The molecular formula is C22H20N8O4S. The minimum Gasteiger partial charge on any atom is -0.463 e. The molecule has 0 radical (unpaired) electrons. The first kappa shape index (κ1) is 22.3. The molecule has 4 aromatic heterocycles. The molecule has 1 aromatic carbocycles. The van der Waals surface area contributed by atoms with Crippen molar-refractivity contribution in [3.8, 4) is 11.5 Å². The quantitative estimate of drug-likeness (QED) is 0.332. The van der Waals surface area contributed by atoms with Gasteiger partial charge in [-0.2, -0.15) is 10.2 Å². The van der Waals surface area contributed by atoms with Gasteiger partial charge in [-0.15, -0.1) is 0 Å². The molecule has 0 saturated carbocycles. The van der Waals surface area contributed by atoms with E-state index in [4.69, 9.17) is 4.42 Å². The molecule has 178 valence electrons. The van der Waals surface area contributed by atoms with Gasteiger partial charge in [0.1, 0.15) is 10.6 Å². The summed E-state index contributed by atoms with van der Waals surface area (Å²) in [6.07, 6.45) is 4.16. The number of fused-ring (bicyclic) bond motifs is 1. The highest BCUT2D eigenvalue weighted by Crippen LogP contribution is 2.24. The van der Waals surface area contributed by atoms with Gasteiger partial charge in [0.2, 0.25) is 0 Å². The van der Waals surface area contributed by atoms with E-state index in [1.807, 2.05) is 6.07 Å². The zero-order valence-electron chi connectivity index (χ0n) is 18.5. The Labute approximate surface area is 199 Å². The monoisotopic (exact) mass is 492 g/mol. The predicted octanol–water partition coefficient (Wildman–Crippen LogP) is 2.09. The Kier molecular flexibility index (Phi) is 5.74. The summed E-state index contributed by atoms with van der Waals surface area (Å²) in [6.45, 7) is 0.417. The Hall–Kier alpha value is -4.52. The van der Waals surface area contributed by atoms with Gasteiger partial charge in [0.25, 0.3) is 15.6 Å². The molecule has 13 heteroatoms. The SMILES string of the molecule is Cn1cc(S(=O)(=O)Nc2nc3ccccc3nc2NCCn2nc(-c3ccco3)ccc2=O)cn1. The van der Waals surface area contributed by atoms with Crippen LogP contribution in [0.3, 0.4) is 0 Å². The lowest BCUT2D eigenvalue weighted by Gasteiger charge is -2.13. The van der Waals surface area contributed by atoms with E-state index < -0.39 is 10.0 Å². The summed E-state index contributed by atoms with van der Waals surface area (Å²) in [5.74, 6) is 0.780. The van der Waals surface area contributed by atoms with Crippen LogP contribution in [-0.2, 0) is 23.6 Å². The number of para-hydroxylation sites is 2. The van der Waals surface area contributed by atoms with E-state index in [2.05, 4.69) is 30.2 Å². The summed E-state index contributed by atoms with van der Waals surface area (Å²) in [6, 6.07) is 13.6. The van der Waals surface area contributed by atoms with Crippen molar-refractivity contribution < 1.29 is 12.8 Å². The van der Waals surface area contributed by atoms with E-state index in [1.165, 1.54) is 34.1 Å². The van der Waals surface area contributed by atoms with E-state index in [0.717, 1.165) is 0 Å². The van der Waals surface area contributed by atoms with Crippen molar-refractivity contribution in [1.82, 2.24) is 29.5 Å². The standard InChI is InChI=1S/C22H20N8O4S/c1-29-14-15(13-24-29)35(32,33)28-22-21(25-16-5-2-3-6-17(16)26-22)23-10-11-30-20(31)9-8-18(27-30)19-7-4-12-34-19/h2-9,12-14H,10-11H2,1H3,(H,23,25)(H,26,28). The topological polar surface area (TPSA) is 150 Å². The average Bonchev–Trinajstić information content (AvgIpc) is 3.53. The van der Waals surface area contributed by atoms with Crippen molar-refractivity contribution in [3.05, 3.63) is 77.5 Å². The molecule has 0 fully saturated rings. The number of furan rings is 1. The second kappa shape index (κ2) is 9.02. The summed E-state index contributed by atoms with van der Waals surface area (Å²) in [7, 11) is -2.33. The lowest BCUT2D eigenvalue weighted by Crippen LogP contribution is -2.26. The number of aromatic nitrogens is 6. The molecule has 0 atom stereocenters. The fourth-order valence-electron chi connectivity index (χ4n) is 3.36. The number of nitrogens with one attached hydrogen (secondary N) is 2. The number of rotatable bonds is 8. The molecule has 0 aliphatic heterocycles. The van der Waals surface area contributed by atoms with Crippen LogP contribution in [-0.4, -0.2) is 44.5 Å². The zero-order valence-corrected chi connectivity index (χ0v) is 19.3. The van der Waals surface area contributed by atoms with Crippen molar-refractivity contribution in [2.24, 2.45) is 7.05 Å². The van der Waals surface area contributed by atoms with E-state index in [9.17, 15) is 13.2 Å². The fraction of sp³-hybridized carbons (Fsp3) is 0.136. The Bertz CT molecular complexity index is 1660.